The number of rotatable bonds is 0. The van der Waals surface area contributed by atoms with Gasteiger partial charge in [-0.1, -0.05) is 0 Å². The first-order chi connectivity index (χ1) is 0. The maximum atomic E-state index is 0. The molecule has 0 bridgehead atoms. The molecule has 16 valence electrons. The van der Waals surface area contributed by atoms with Gasteiger partial charge >= 0.3 is 0 Å². The zero-order chi connectivity index (χ0) is 0. The summed E-state index contributed by atoms with van der Waals surface area (Å²) in [5, 5.41) is 0. The summed E-state index contributed by atoms with van der Waals surface area (Å²) in [6.45, 7) is 0. The molecule has 4 radical (unpaired) electrons. The van der Waals surface area contributed by atoms with E-state index in [1.807, 2.05) is 0 Å². The van der Waals surface area contributed by atoms with E-state index in [4.69, 9.17) is 0 Å². The van der Waals surface area contributed by atoms with Crippen LogP contribution >= 0.6 is 0 Å². The van der Waals surface area contributed by atoms with Gasteiger partial charge in [-0.2, -0.15) is 0 Å². The largest absolute Gasteiger partial charge is 0 e. The fourth-order valence-electron chi connectivity index (χ4n) is 0. The first-order valence-electron chi connectivity index (χ1n) is 0. The zero-order valence-electron chi connectivity index (χ0n) is 2.02. The van der Waals surface area contributed by atoms with Crippen LogP contribution in [0.15, 0.2) is 0 Å². The van der Waals surface area contributed by atoms with Gasteiger partial charge in [-0.15, -0.1) is 0 Å². The average molecular weight is 174 g/mol. The van der Waals surface area contributed by atoms with Crippen molar-refractivity contribution in [3.8, 4) is 0 Å². The Morgan fingerprint density at radius 3 is 0.750 bits per heavy atom. The van der Waals surface area contributed by atoms with Crippen LogP contribution in [-0.4, -0.2) is 17.4 Å². The first-order valence-corrected chi connectivity index (χ1v) is 0. The van der Waals surface area contributed by atoms with Crippen molar-refractivity contribution in [3.63, 3.8) is 0 Å². The summed E-state index contributed by atoms with van der Waals surface area (Å²) in [6.07, 6.45) is 0. The molecule has 0 spiro atoms. The van der Waals surface area contributed by atoms with E-state index in [1.165, 1.54) is 0 Å². The van der Waals surface area contributed by atoms with Crippen molar-refractivity contribution in [2.24, 2.45) is 0 Å². The Hall–Kier alpha value is 2.55. The van der Waals surface area contributed by atoms with Crippen molar-refractivity contribution < 1.29 is 62.0 Å². The van der Waals surface area contributed by atoms with E-state index in [1.54, 1.807) is 0 Å². The van der Waals surface area contributed by atoms with E-state index in [9.17, 15) is 0 Å². The van der Waals surface area contributed by atoms with Gasteiger partial charge in [-0.05, 0) is 0 Å². The summed E-state index contributed by atoms with van der Waals surface area (Å²) in [5.41, 5.74) is 0. The third-order valence-corrected chi connectivity index (χ3v) is 0. The maximum Gasteiger partial charge on any atom is 0 e. The standard InChI is InChI=1S/Al.2Ti.V. The molecule has 4 heteroatoms. The summed E-state index contributed by atoms with van der Waals surface area (Å²) in [6, 6.07) is 0. The second-order valence-corrected chi connectivity index (χ2v) is 0. The van der Waals surface area contributed by atoms with Gasteiger partial charge in [0.15, 0.2) is 0 Å². The minimum Gasteiger partial charge on any atom is 0 e. The molecule has 0 aliphatic heterocycles. The van der Waals surface area contributed by atoms with E-state index in [2.05, 4.69) is 0 Å². The summed E-state index contributed by atoms with van der Waals surface area (Å²) in [4.78, 5) is 0. The van der Waals surface area contributed by atoms with Gasteiger partial charge in [0, 0.05) is 79.4 Å². The summed E-state index contributed by atoms with van der Waals surface area (Å²) in [7, 11) is 0. The molecule has 0 N–H and O–H groups in total. The van der Waals surface area contributed by atoms with Gasteiger partial charge in [0.25, 0.3) is 0 Å². The van der Waals surface area contributed by atoms with Crippen molar-refractivity contribution >= 4 is 17.4 Å². The molecule has 0 aliphatic carbocycles. The first kappa shape index (κ1) is 31.1. The molecule has 0 fully saturated rings. The monoisotopic (exact) mass is 174 g/mol. The SMILES string of the molecule is [Al].[Ti].[Ti].[V]. The molecule has 0 aliphatic rings. The van der Waals surface area contributed by atoms with Crippen LogP contribution in [0.2, 0.25) is 0 Å². The minimum atomic E-state index is 0. The van der Waals surface area contributed by atoms with Gasteiger partial charge in [-0.25, -0.2) is 0 Å². The predicted molar refractivity (Wildman–Crippen MR) is 5.75 cm³/mol. The molecular formula is AlTi2V. The Labute approximate surface area is 78.3 Å². The molecule has 0 saturated heterocycles. The van der Waals surface area contributed by atoms with Crippen molar-refractivity contribution in [3.05, 3.63) is 0 Å². The third-order valence-electron chi connectivity index (χ3n) is 0. The second-order valence-electron chi connectivity index (χ2n) is 0. The van der Waals surface area contributed by atoms with Crippen LogP contribution < -0.4 is 0 Å². The Kier molecular flexibility index (Phi) is 137. The van der Waals surface area contributed by atoms with E-state index in [0.29, 0.717) is 0 Å². The number of hydrogen-bond acceptors (Lipinski definition) is 0. The van der Waals surface area contributed by atoms with Gasteiger partial charge in [0.05, 0.1) is 0 Å². The molecule has 4 heavy (non-hydrogen) atoms. The number of hydrogen-bond donors (Lipinski definition) is 0. The fourth-order valence-corrected chi connectivity index (χ4v) is 0. The third kappa shape index (κ3) is 8.82. The molecule has 0 unspecified atom stereocenters. The second kappa shape index (κ2) is 17.7. The average Bonchev–Trinajstić information content (AvgIpc) is 0. The normalized spacial score (nSPS) is 0. The summed E-state index contributed by atoms with van der Waals surface area (Å²) < 4.78 is 0. The molecule has 0 saturated carbocycles. The van der Waals surface area contributed by atoms with Crippen molar-refractivity contribution in [1.82, 2.24) is 0 Å². The van der Waals surface area contributed by atoms with Crippen LogP contribution in [0.4, 0.5) is 0 Å². The van der Waals surface area contributed by atoms with Crippen LogP contribution in [0.1, 0.15) is 0 Å². The molecular weight excluding hydrogens is 174 g/mol. The molecule has 0 aromatic heterocycles. The Morgan fingerprint density at radius 2 is 0.750 bits per heavy atom. The van der Waals surface area contributed by atoms with Gasteiger partial charge in [-0.3, -0.25) is 0 Å². The van der Waals surface area contributed by atoms with Gasteiger partial charge < -0.3 is 0 Å². The summed E-state index contributed by atoms with van der Waals surface area (Å²) in [5.74, 6) is 0. The van der Waals surface area contributed by atoms with Crippen LogP contribution in [0.25, 0.3) is 0 Å². The van der Waals surface area contributed by atoms with E-state index in [0.717, 1.165) is 0 Å². The van der Waals surface area contributed by atoms with Crippen molar-refractivity contribution in [2.45, 2.75) is 0 Å². The van der Waals surface area contributed by atoms with Crippen LogP contribution in [0.5, 0.6) is 0 Å². The quantitative estimate of drug-likeness (QED) is 0.438. The topological polar surface area (TPSA) is 0 Å². The van der Waals surface area contributed by atoms with E-state index < -0.39 is 0 Å². The van der Waals surface area contributed by atoms with E-state index >= 15 is 0 Å². The van der Waals surface area contributed by atoms with Gasteiger partial charge in [0.2, 0.25) is 0 Å². The van der Waals surface area contributed by atoms with Crippen LogP contribution in [-0.2, 0) is 62.0 Å². The molecule has 0 atom stereocenters. The molecule has 0 amide bonds. The van der Waals surface area contributed by atoms with E-state index in [-0.39, 0.29) is 79.4 Å². The Balaban J connectivity index is 0. The Bertz CT molecular complexity index is 6.00. The molecule has 0 nitrogen and oxygen atoms in total. The molecule has 0 aromatic rings. The van der Waals surface area contributed by atoms with Crippen molar-refractivity contribution in [2.75, 3.05) is 0 Å². The predicted octanol–water partition coefficient (Wildman–Crippen LogP) is -0.388. The maximum absolute atomic E-state index is 0. The molecule has 0 aromatic carbocycles. The van der Waals surface area contributed by atoms with Crippen LogP contribution in [0, 0.1) is 0 Å². The van der Waals surface area contributed by atoms with Crippen molar-refractivity contribution in [1.29, 1.82) is 0 Å². The molecule has 0 rings (SSSR count). The molecule has 0 heterocycles. The summed E-state index contributed by atoms with van der Waals surface area (Å²) >= 11 is 0. The van der Waals surface area contributed by atoms with Crippen LogP contribution in [0.3, 0.4) is 0 Å². The Morgan fingerprint density at radius 1 is 0.750 bits per heavy atom. The fraction of sp³-hybridized carbons (Fsp3) is 0. The zero-order valence-corrected chi connectivity index (χ0v) is 7.70. The smallest absolute Gasteiger partial charge is 0 e. The van der Waals surface area contributed by atoms with Gasteiger partial charge in [0.1, 0.15) is 0 Å². The minimum absolute atomic E-state index is 0.